The van der Waals surface area contributed by atoms with Gasteiger partial charge in [0.1, 0.15) is 5.75 Å². The molecule has 1 N–H and O–H groups in total. The third-order valence-corrected chi connectivity index (χ3v) is 3.65. The maximum atomic E-state index is 11.7. The van der Waals surface area contributed by atoms with E-state index in [0.717, 1.165) is 0 Å². The molecule has 0 atom stereocenters. The van der Waals surface area contributed by atoms with Gasteiger partial charge >= 0.3 is 0 Å². The summed E-state index contributed by atoms with van der Waals surface area (Å²) in [5.41, 5.74) is 3.66. The van der Waals surface area contributed by atoms with Crippen molar-refractivity contribution in [3.05, 3.63) is 63.1 Å². The Balaban J connectivity index is 1.90. The van der Waals surface area contributed by atoms with E-state index < -0.39 is 0 Å². The Morgan fingerprint density at radius 3 is 2.39 bits per heavy atom. The predicted octanol–water partition coefficient (Wildman–Crippen LogP) is 4.57. The molecular formula is C16H13Cl3N2O2. The minimum atomic E-state index is -0.385. The molecule has 0 radical (unpaired) electrons. The first-order valence-electron chi connectivity index (χ1n) is 6.62. The van der Waals surface area contributed by atoms with Gasteiger partial charge in [-0.2, -0.15) is 5.10 Å². The molecule has 120 valence electrons. The van der Waals surface area contributed by atoms with Crippen molar-refractivity contribution < 1.29 is 9.53 Å². The van der Waals surface area contributed by atoms with E-state index in [0.29, 0.717) is 32.1 Å². The number of carbonyl (C=O) groups is 1. The molecule has 1 amide bonds. The van der Waals surface area contributed by atoms with Crippen molar-refractivity contribution in [3.63, 3.8) is 0 Å². The van der Waals surface area contributed by atoms with Gasteiger partial charge in [-0.25, -0.2) is 5.43 Å². The van der Waals surface area contributed by atoms with Gasteiger partial charge in [-0.05, 0) is 43.3 Å². The van der Waals surface area contributed by atoms with Crippen LogP contribution < -0.4 is 10.2 Å². The lowest BCUT2D eigenvalue weighted by Gasteiger charge is -2.07. The van der Waals surface area contributed by atoms with Crippen LogP contribution in [-0.2, 0) is 4.79 Å². The lowest BCUT2D eigenvalue weighted by molar-refractivity contribution is -0.123. The number of hydrogen-bond acceptors (Lipinski definition) is 3. The molecule has 0 spiro atoms. The van der Waals surface area contributed by atoms with E-state index in [1.165, 1.54) is 0 Å². The molecule has 2 aromatic rings. The molecule has 0 saturated carbocycles. The summed E-state index contributed by atoms with van der Waals surface area (Å²) in [4.78, 5) is 11.7. The Hall–Kier alpha value is -1.75. The average Bonchev–Trinajstić information content (AvgIpc) is 2.52. The summed E-state index contributed by atoms with van der Waals surface area (Å²) in [5, 5.41) is 5.60. The molecule has 7 heteroatoms. The van der Waals surface area contributed by atoms with Gasteiger partial charge in [-0.1, -0.05) is 40.9 Å². The van der Waals surface area contributed by atoms with Crippen molar-refractivity contribution in [1.29, 1.82) is 0 Å². The van der Waals surface area contributed by atoms with Crippen LogP contribution in [0.4, 0.5) is 0 Å². The second kappa shape index (κ2) is 8.20. The molecule has 0 fully saturated rings. The van der Waals surface area contributed by atoms with Gasteiger partial charge in [-0.3, -0.25) is 4.79 Å². The van der Waals surface area contributed by atoms with Gasteiger partial charge in [0.2, 0.25) is 0 Å². The summed E-state index contributed by atoms with van der Waals surface area (Å²) in [6.07, 6.45) is 0. The molecule has 4 nitrogen and oxygen atoms in total. The molecule has 2 aromatic carbocycles. The highest BCUT2D eigenvalue weighted by Crippen LogP contribution is 2.21. The predicted molar refractivity (Wildman–Crippen MR) is 93.8 cm³/mol. The highest BCUT2D eigenvalue weighted by Gasteiger charge is 2.06. The number of amides is 1. The second-order valence-corrected chi connectivity index (χ2v) is 5.88. The smallest absolute Gasteiger partial charge is 0.277 e. The topological polar surface area (TPSA) is 50.7 Å². The Bertz CT molecular complexity index is 731. The van der Waals surface area contributed by atoms with Crippen LogP contribution in [0, 0.1) is 0 Å². The lowest BCUT2D eigenvalue weighted by atomic mass is 10.1. The first-order valence-corrected chi connectivity index (χ1v) is 7.76. The van der Waals surface area contributed by atoms with Gasteiger partial charge in [0.25, 0.3) is 5.91 Å². The average molecular weight is 372 g/mol. The Labute approximate surface area is 149 Å². The number of ether oxygens (including phenoxy) is 1. The number of halogens is 3. The van der Waals surface area contributed by atoms with Gasteiger partial charge < -0.3 is 4.74 Å². The van der Waals surface area contributed by atoms with Crippen molar-refractivity contribution in [2.75, 3.05) is 6.61 Å². The van der Waals surface area contributed by atoms with Crippen molar-refractivity contribution in [1.82, 2.24) is 5.43 Å². The minimum Gasteiger partial charge on any atom is -0.484 e. The first kappa shape index (κ1) is 17.6. The van der Waals surface area contributed by atoms with E-state index in [1.54, 1.807) is 49.4 Å². The number of hydrogen-bond donors (Lipinski definition) is 1. The van der Waals surface area contributed by atoms with Crippen molar-refractivity contribution in [3.8, 4) is 5.75 Å². The van der Waals surface area contributed by atoms with Gasteiger partial charge in [0.05, 0.1) is 10.7 Å². The summed E-state index contributed by atoms with van der Waals surface area (Å²) in [6.45, 7) is 1.57. The van der Waals surface area contributed by atoms with Crippen LogP contribution in [0.25, 0.3) is 0 Å². The number of benzene rings is 2. The summed E-state index contributed by atoms with van der Waals surface area (Å²) < 4.78 is 5.32. The molecule has 0 saturated heterocycles. The van der Waals surface area contributed by atoms with Crippen LogP contribution in [0.2, 0.25) is 15.1 Å². The third-order valence-electron chi connectivity index (χ3n) is 2.85. The summed E-state index contributed by atoms with van der Waals surface area (Å²) in [7, 11) is 0. The number of nitrogens with one attached hydrogen (secondary N) is 1. The second-order valence-electron chi connectivity index (χ2n) is 4.60. The van der Waals surface area contributed by atoms with E-state index in [-0.39, 0.29) is 12.5 Å². The van der Waals surface area contributed by atoms with Crippen molar-refractivity contribution >= 4 is 46.4 Å². The zero-order valence-electron chi connectivity index (χ0n) is 12.1. The molecule has 0 heterocycles. The molecule has 0 unspecified atom stereocenters. The number of rotatable bonds is 5. The zero-order chi connectivity index (χ0) is 16.8. The molecule has 23 heavy (non-hydrogen) atoms. The Morgan fingerprint density at radius 1 is 1.09 bits per heavy atom. The normalized spacial score (nSPS) is 11.2. The molecular weight excluding hydrogens is 359 g/mol. The third kappa shape index (κ3) is 5.43. The Kier molecular flexibility index (Phi) is 6.28. The van der Waals surface area contributed by atoms with Gasteiger partial charge in [-0.15, -0.1) is 0 Å². The molecule has 0 aliphatic carbocycles. The standard InChI is InChI=1S/C16H13Cl3N2O2/c1-10(14-7-4-12(18)8-15(14)19)20-21-16(22)9-23-13-5-2-11(17)3-6-13/h2-8H,9H2,1H3,(H,21,22). The SMILES string of the molecule is CC(=NNC(=O)COc1ccc(Cl)cc1)c1ccc(Cl)cc1Cl. The summed E-state index contributed by atoms with van der Waals surface area (Å²) >= 11 is 17.7. The van der Waals surface area contributed by atoms with Gasteiger partial charge in [0.15, 0.2) is 6.61 Å². The monoisotopic (exact) mass is 370 g/mol. The first-order chi connectivity index (χ1) is 11.0. The van der Waals surface area contributed by atoms with Crippen molar-refractivity contribution in [2.24, 2.45) is 5.10 Å². The highest BCUT2D eigenvalue weighted by molar-refractivity contribution is 6.37. The van der Waals surface area contributed by atoms with Crippen LogP contribution in [0.5, 0.6) is 5.75 Å². The van der Waals surface area contributed by atoms with Gasteiger partial charge in [0, 0.05) is 15.6 Å². The summed E-state index contributed by atoms with van der Waals surface area (Å²) in [6, 6.07) is 11.8. The summed E-state index contributed by atoms with van der Waals surface area (Å²) in [5.74, 6) is 0.162. The van der Waals surface area contributed by atoms with E-state index in [1.807, 2.05) is 0 Å². The maximum absolute atomic E-state index is 11.7. The van der Waals surface area contributed by atoms with Crippen LogP contribution in [0.15, 0.2) is 47.6 Å². The van der Waals surface area contributed by atoms with Crippen LogP contribution in [0.1, 0.15) is 12.5 Å². The molecule has 2 rings (SSSR count). The van der Waals surface area contributed by atoms with Crippen molar-refractivity contribution in [2.45, 2.75) is 6.92 Å². The van der Waals surface area contributed by atoms with Crippen LogP contribution in [0.3, 0.4) is 0 Å². The van der Waals surface area contributed by atoms with E-state index in [4.69, 9.17) is 39.5 Å². The molecule has 0 aliphatic heterocycles. The molecule has 0 aromatic heterocycles. The fraction of sp³-hybridized carbons (Fsp3) is 0.125. The fourth-order valence-electron chi connectivity index (χ4n) is 1.70. The van der Waals surface area contributed by atoms with Crippen LogP contribution in [-0.4, -0.2) is 18.2 Å². The quantitative estimate of drug-likeness (QED) is 0.618. The number of hydrazone groups is 1. The zero-order valence-corrected chi connectivity index (χ0v) is 14.4. The highest BCUT2D eigenvalue weighted by atomic mass is 35.5. The van der Waals surface area contributed by atoms with E-state index >= 15 is 0 Å². The number of nitrogens with zero attached hydrogens (tertiary/aromatic N) is 1. The Morgan fingerprint density at radius 2 is 1.74 bits per heavy atom. The fourth-order valence-corrected chi connectivity index (χ4v) is 2.37. The van der Waals surface area contributed by atoms with Crippen LogP contribution >= 0.6 is 34.8 Å². The lowest BCUT2D eigenvalue weighted by Crippen LogP contribution is -2.25. The number of carbonyl (C=O) groups excluding carboxylic acids is 1. The molecule has 0 bridgehead atoms. The van der Waals surface area contributed by atoms with E-state index in [9.17, 15) is 4.79 Å². The maximum Gasteiger partial charge on any atom is 0.277 e. The van der Waals surface area contributed by atoms with E-state index in [2.05, 4.69) is 10.5 Å². The molecule has 0 aliphatic rings. The largest absolute Gasteiger partial charge is 0.484 e. The minimum absolute atomic E-state index is 0.160.